The molecule has 0 saturated heterocycles. The monoisotopic (exact) mass is 392 g/mol. The van der Waals surface area contributed by atoms with Crippen molar-refractivity contribution in [3.8, 4) is 0 Å². The van der Waals surface area contributed by atoms with Crippen LogP contribution in [-0.4, -0.2) is 40.3 Å². The Bertz CT molecular complexity index is 933. The Morgan fingerprint density at radius 1 is 1.26 bits per heavy atom. The van der Waals surface area contributed by atoms with Gasteiger partial charge in [0.25, 0.3) is 0 Å². The van der Waals surface area contributed by atoms with Crippen LogP contribution >= 0.6 is 0 Å². The van der Waals surface area contributed by atoms with Crippen molar-refractivity contribution in [3.63, 3.8) is 0 Å². The number of sulfonamides is 1. The quantitative estimate of drug-likeness (QED) is 0.816. The minimum atomic E-state index is -3.75. The minimum Gasteiger partial charge on any atom is -0.371 e. The number of rotatable bonds is 6. The van der Waals surface area contributed by atoms with E-state index in [1.807, 2.05) is 24.3 Å². The molecular weight excluding hydrogens is 371 g/mol. The summed E-state index contributed by atoms with van der Waals surface area (Å²) in [5.41, 5.74) is 2.31. The van der Waals surface area contributed by atoms with Gasteiger partial charge in [0.1, 0.15) is 18.5 Å². The number of anilines is 1. The van der Waals surface area contributed by atoms with Crippen LogP contribution in [0.4, 0.5) is 10.1 Å². The number of nitrogens with zero attached hydrogens (tertiary/aromatic N) is 1. The zero-order chi connectivity index (χ0) is 19.4. The lowest BCUT2D eigenvalue weighted by atomic mass is 9.97. The maximum Gasteiger partial charge on any atom is 0.240 e. The van der Waals surface area contributed by atoms with Gasteiger partial charge in [-0.15, -0.1) is 0 Å². The van der Waals surface area contributed by atoms with Gasteiger partial charge < -0.3 is 10.1 Å². The summed E-state index contributed by atoms with van der Waals surface area (Å²) in [5, 5.41) is 2.72. The fourth-order valence-electron chi connectivity index (χ4n) is 3.07. The molecule has 27 heavy (non-hydrogen) atoms. The van der Waals surface area contributed by atoms with E-state index < -0.39 is 28.3 Å². The van der Waals surface area contributed by atoms with Gasteiger partial charge in [-0.05, 0) is 35.7 Å². The highest BCUT2D eigenvalue weighted by Gasteiger charge is 2.24. The normalized spacial score (nSPS) is 16.4. The number of nitrogens with one attached hydrogen (secondary N) is 1. The summed E-state index contributed by atoms with van der Waals surface area (Å²) < 4.78 is 44.1. The summed E-state index contributed by atoms with van der Waals surface area (Å²) in [4.78, 5) is 12.3. The Balaban J connectivity index is 1.67. The second-order valence-electron chi connectivity index (χ2n) is 6.36. The Morgan fingerprint density at radius 2 is 2.04 bits per heavy atom. The number of carbonyl (C=O) groups is 1. The third kappa shape index (κ3) is 4.84. The van der Waals surface area contributed by atoms with E-state index in [1.165, 1.54) is 23.8 Å². The molecule has 0 spiro atoms. The standard InChI is InChI=1S/C19H21FN2O4S/c1-27(24,25)22(16-7-4-6-15(20)11-16)13-19(23)21-12-18-17-8-3-2-5-14(17)9-10-26-18/h2-8,11,18H,9-10,12-13H2,1H3,(H,21,23). The average molecular weight is 392 g/mol. The first-order chi connectivity index (χ1) is 12.8. The molecule has 0 bridgehead atoms. The van der Waals surface area contributed by atoms with E-state index in [-0.39, 0.29) is 18.3 Å². The third-order valence-electron chi connectivity index (χ3n) is 4.36. The Hall–Kier alpha value is -2.45. The van der Waals surface area contributed by atoms with Gasteiger partial charge >= 0.3 is 0 Å². The summed E-state index contributed by atoms with van der Waals surface area (Å²) in [7, 11) is -3.75. The van der Waals surface area contributed by atoms with Crippen LogP contribution in [0.25, 0.3) is 0 Å². The lowest BCUT2D eigenvalue weighted by Crippen LogP contribution is -2.42. The van der Waals surface area contributed by atoms with Crippen LogP contribution in [0.5, 0.6) is 0 Å². The molecule has 1 N–H and O–H groups in total. The molecule has 0 saturated carbocycles. The Morgan fingerprint density at radius 3 is 2.78 bits per heavy atom. The van der Waals surface area contributed by atoms with Crippen LogP contribution in [0.15, 0.2) is 48.5 Å². The first kappa shape index (κ1) is 19.3. The van der Waals surface area contributed by atoms with Gasteiger partial charge in [-0.3, -0.25) is 9.10 Å². The first-order valence-electron chi connectivity index (χ1n) is 8.54. The highest BCUT2D eigenvalue weighted by Crippen LogP contribution is 2.26. The van der Waals surface area contributed by atoms with Gasteiger partial charge in [-0.2, -0.15) is 0 Å². The van der Waals surface area contributed by atoms with E-state index in [2.05, 4.69) is 5.32 Å². The topological polar surface area (TPSA) is 75.7 Å². The van der Waals surface area contributed by atoms with Crippen LogP contribution < -0.4 is 9.62 Å². The van der Waals surface area contributed by atoms with Crippen molar-refractivity contribution in [1.29, 1.82) is 0 Å². The number of ether oxygens (including phenoxy) is 1. The molecule has 0 aliphatic carbocycles. The second-order valence-corrected chi connectivity index (χ2v) is 8.27. The predicted molar refractivity (Wildman–Crippen MR) is 100 cm³/mol. The van der Waals surface area contributed by atoms with E-state index in [4.69, 9.17) is 4.74 Å². The molecule has 1 heterocycles. The second kappa shape index (κ2) is 8.06. The summed E-state index contributed by atoms with van der Waals surface area (Å²) in [6, 6.07) is 13.0. The Kier molecular flexibility index (Phi) is 5.76. The molecule has 1 unspecified atom stereocenters. The first-order valence-corrected chi connectivity index (χ1v) is 10.4. The van der Waals surface area contributed by atoms with Crippen LogP contribution in [0.3, 0.4) is 0 Å². The van der Waals surface area contributed by atoms with Gasteiger partial charge in [0, 0.05) is 6.54 Å². The summed E-state index contributed by atoms with van der Waals surface area (Å²) >= 11 is 0. The van der Waals surface area contributed by atoms with Crippen LogP contribution in [0.1, 0.15) is 17.2 Å². The highest BCUT2D eigenvalue weighted by atomic mass is 32.2. The van der Waals surface area contributed by atoms with Crippen molar-refractivity contribution in [2.45, 2.75) is 12.5 Å². The van der Waals surface area contributed by atoms with Crippen molar-refractivity contribution < 1.29 is 22.3 Å². The lowest BCUT2D eigenvalue weighted by Gasteiger charge is -2.27. The average Bonchev–Trinajstić information content (AvgIpc) is 2.63. The van der Waals surface area contributed by atoms with E-state index in [0.29, 0.717) is 6.61 Å². The van der Waals surface area contributed by atoms with Gasteiger partial charge in [-0.25, -0.2) is 12.8 Å². The summed E-state index contributed by atoms with van der Waals surface area (Å²) in [5.74, 6) is -1.06. The fourth-order valence-corrected chi connectivity index (χ4v) is 3.92. The van der Waals surface area contributed by atoms with Crippen LogP contribution in [-0.2, 0) is 26.0 Å². The number of benzene rings is 2. The van der Waals surface area contributed by atoms with Gasteiger partial charge in [0.05, 0.1) is 18.6 Å². The van der Waals surface area contributed by atoms with Crippen molar-refractivity contribution >= 4 is 21.6 Å². The third-order valence-corrected chi connectivity index (χ3v) is 5.50. The number of hydrogen-bond donors (Lipinski definition) is 1. The lowest BCUT2D eigenvalue weighted by molar-refractivity contribution is -0.120. The minimum absolute atomic E-state index is 0.104. The molecular formula is C19H21FN2O4S. The Labute approximate surface area is 158 Å². The maximum absolute atomic E-state index is 13.4. The summed E-state index contributed by atoms with van der Waals surface area (Å²) in [6.45, 7) is 0.365. The fraction of sp³-hybridized carbons (Fsp3) is 0.316. The molecule has 1 aliphatic rings. The van der Waals surface area contributed by atoms with Gasteiger partial charge in [0.15, 0.2) is 0 Å². The number of hydrogen-bond acceptors (Lipinski definition) is 4. The smallest absolute Gasteiger partial charge is 0.240 e. The van der Waals surface area contributed by atoms with Crippen molar-refractivity contribution in [2.24, 2.45) is 0 Å². The SMILES string of the molecule is CS(=O)(=O)N(CC(=O)NCC1OCCc2ccccc21)c1cccc(F)c1. The molecule has 2 aromatic rings. The largest absolute Gasteiger partial charge is 0.371 e. The molecule has 0 aromatic heterocycles. The van der Waals surface area contributed by atoms with E-state index >= 15 is 0 Å². The van der Waals surface area contributed by atoms with E-state index in [1.54, 1.807) is 0 Å². The molecule has 1 amide bonds. The zero-order valence-electron chi connectivity index (χ0n) is 14.9. The number of fused-ring (bicyclic) bond motifs is 1. The molecule has 3 rings (SSSR count). The van der Waals surface area contributed by atoms with Crippen LogP contribution in [0, 0.1) is 5.82 Å². The zero-order valence-corrected chi connectivity index (χ0v) is 15.7. The molecule has 1 aliphatic heterocycles. The molecule has 0 fully saturated rings. The molecule has 1 atom stereocenters. The maximum atomic E-state index is 13.4. The van der Waals surface area contributed by atoms with E-state index in [0.717, 1.165) is 28.6 Å². The molecule has 2 aromatic carbocycles. The van der Waals surface area contributed by atoms with Crippen molar-refractivity contribution in [2.75, 3.05) is 30.3 Å². The predicted octanol–water partition coefficient (Wildman–Crippen LogP) is 2.02. The number of halogens is 1. The molecule has 8 heteroatoms. The molecule has 0 radical (unpaired) electrons. The number of amides is 1. The molecule has 144 valence electrons. The van der Waals surface area contributed by atoms with Crippen molar-refractivity contribution in [3.05, 3.63) is 65.5 Å². The van der Waals surface area contributed by atoms with E-state index in [9.17, 15) is 17.6 Å². The van der Waals surface area contributed by atoms with Gasteiger partial charge in [0.2, 0.25) is 15.9 Å². The van der Waals surface area contributed by atoms with Gasteiger partial charge in [-0.1, -0.05) is 30.3 Å². The van der Waals surface area contributed by atoms with Crippen LogP contribution in [0.2, 0.25) is 0 Å². The van der Waals surface area contributed by atoms with Crippen molar-refractivity contribution in [1.82, 2.24) is 5.32 Å². The molecule has 6 nitrogen and oxygen atoms in total. The number of carbonyl (C=O) groups excluding carboxylic acids is 1. The highest BCUT2D eigenvalue weighted by molar-refractivity contribution is 7.92. The summed E-state index contributed by atoms with van der Waals surface area (Å²) in [6.07, 6.45) is 1.52.